The van der Waals surface area contributed by atoms with Crippen LogP contribution in [0.5, 0.6) is 0 Å². The van der Waals surface area contributed by atoms with E-state index in [9.17, 15) is 9.59 Å². The maximum Gasteiger partial charge on any atom is 0.263 e. The highest BCUT2D eigenvalue weighted by Gasteiger charge is 2.24. The number of thiophene rings is 1. The van der Waals surface area contributed by atoms with Crippen LogP contribution in [-0.4, -0.2) is 26.2 Å². The van der Waals surface area contributed by atoms with Crippen molar-refractivity contribution in [1.82, 2.24) is 14.5 Å². The highest BCUT2D eigenvalue weighted by molar-refractivity contribution is 7.99. The quantitative estimate of drug-likeness (QED) is 0.348. The standard InChI is InChI=1S/C20H22N4O2S3/c1-4-7-24-18(26)16-13-6-5-11(2)8-14(13)29-17(16)23-20(24)28-10-15(25)22-19-21-12(3)9-27-19/h4,9,11H,1,5-8,10H2,2-3H3,(H,21,22,25). The second kappa shape index (κ2) is 8.41. The Kier molecular flexibility index (Phi) is 5.89. The molecule has 0 saturated carbocycles. The average Bonchev–Trinajstić information content (AvgIpc) is 3.25. The number of rotatable bonds is 6. The topological polar surface area (TPSA) is 76.9 Å². The van der Waals surface area contributed by atoms with Crippen LogP contribution >= 0.6 is 34.4 Å². The van der Waals surface area contributed by atoms with Crippen molar-refractivity contribution in [2.24, 2.45) is 5.92 Å². The monoisotopic (exact) mass is 446 g/mol. The zero-order valence-corrected chi connectivity index (χ0v) is 18.8. The molecular formula is C20H22N4O2S3. The minimum absolute atomic E-state index is 0.0274. The molecule has 152 valence electrons. The summed E-state index contributed by atoms with van der Waals surface area (Å²) in [5.41, 5.74) is 2.02. The number of amides is 1. The molecule has 0 spiro atoms. The third-order valence-electron chi connectivity index (χ3n) is 4.89. The minimum Gasteiger partial charge on any atom is -0.301 e. The molecule has 29 heavy (non-hydrogen) atoms. The van der Waals surface area contributed by atoms with Gasteiger partial charge in [-0.1, -0.05) is 24.8 Å². The smallest absolute Gasteiger partial charge is 0.263 e. The fourth-order valence-corrected chi connectivity index (χ4v) is 6.44. The van der Waals surface area contributed by atoms with Gasteiger partial charge in [0.25, 0.3) is 5.56 Å². The molecule has 0 saturated heterocycles. The third kappa shape index (κ3) is 4.17. The normalized spacial score (nSPS) is 16.0. The second-order valence-electron chi connectivity index (χ2n) is 7.26. The predicted octanol–water partition coefficient (Wildman–Crippen LogP) is 4.26. The maximum atomic E-state index is 13.3. The average molecular weight is 447 g/mol. The highest BCUT2D eigenvalue weighted by Crippen LogP contribution is 2.36. The summed E-state index contributed by atoms with van der Waals surface area (Å²) < 4.78 is 1.63. The Bertz CT molecular complexity index is 1140. The Hall–Kier alpha value is -1.97. The molecule has 1 aliphatic rings. The minimum atomic E-state index is -0.164. The van der Waals surface area contributed by atoms with Gasteiger partial charge in [-0.25, -0.2) is 9.97 Å². The van der Waals surface area contributed by atoms with Gasteiger partial charge in [-0.05, 0) is 37.7 Å². The molecule has 1 unspecified atom stereocenters. The molecule has 0 aliphatic heterocycles. The molecule has 0 fully saturated rings. The number of hydrogen-bond donors (Lipinski definition) is 1. The number of hydrogen-bond acceptors (Lipinski definition) is 7. The van der Waals surface area contributed by atoms with Crippen LogP contribution in [0.4, 0.5) is 5.13 Å². The van der Waals surface area contributed by atoms with Crippen molar-refractivity contribution in [3.8, 4) is 0 Å². The summed E-state index contributed by atoms with van der Waals surface area (Å²) in [5.74, 6) is 0.636. The lowest BCUT2D eigenvalue weighted by Crippen LogP contribution is -2.24. The molecule has 1 N–H and O–H groups in total. The number of thiazole rings is 1. The first-order chi connectivity index (χ1) is 14.0. The Morgan fingerprint density at radius 2 is 2.31 bits per heavy atom. The summed E-state index contributed by atoms with van der Waals surface area (Å²) in [5, 5.41) is 6.58. The zero-order chi connectivity index (χ0) is 20.5. The first kappa shape index (κ1) is 20.3. The zero-order valence-electron chi connectivity index (χ0n) is 16.4. The first-order valence-electron chi connectivity index (χ1n) is 9.47. The van der Waals surface area contributed by atoms with E-state index in [2.05, 4.69) is 23.8 Å². The molecule has 9 heteroatoms. The summed E-state index contributed by atoms with van der Waals surface area (Å²) in [4.78, 5) is 36.6. The van der Waals surface area contributed by atoms with E-state index in [-0.39, 0.29) is 17.2 Å². The Labute approximate surface area is 181 Å². The molecule has 4 rings (SSSR count). The van der Waals surface area contributed by atoms with Crippen molar-refractivity contribution in [2.75, 3.05) is 11.1 Å². The second-order valence-corrected chi connectivity index (χ2v) is 10.1. The van der Waals surface area contributed by atoms with Crippen molar-refractivity contribution in [2.45, 2.75) is 44.8 Å². The molecule has 1 atom stereocenters. The number of carbonyl (C=O) groups is 1. The van der Waals surface area contributed by atoms with Crippen molar-refractivity contribution in [3.63, 3.8) is 0 Å². The van der Waals surface area contributed by atoms with E-state index in [0.29, 0.717) is 22.8 Å². The van der Waals surface area contributed by atoms with E-state index >= 15 is 0 Å². The van der Waals surface area contributed by atoms with Crippen LogP contribution in [0.15, 0.2) is 28.0 Å². The molecule has 3 aromatic heterocycles. The summed E-state index contributed by atoms with van der Waals surface area (Å²) >= 11 is 4.29. The largest absolute Gasteiger partial charge is 0.301 e. The number of carbonyl (C=O) groups excluding carboxylic acids is 1. The van der Waals surface area contributed by atoms with E-state index in [4.69, 9.17) is 4.98 Å². The molecule has 0 aromatic carbocycles. The van der Waals surface area contributed by atoms with Gasteiger partial charge in [-0.15, -0.1) is 29.3 Å². The summed E-state index contributed by atoms with van der Waals surface area (Å²) in [6.45, 7) is 8.28. The Balaban J connectivity index is 1.62. The number of fused-ring (bicyclic) bond motifs is 3. The van der Waals surface area contributed by atoms with E-state index in [1.807, 2.05) is 12.3 Å². The molecule has 3 heterocycles. The van der Waals surface area contributed by atoms with Crippen LogP contribution in [0.2, 0.25) is 0 Å². The summed E-state index contributed by atoms with van der Waals surface area (Å²) in [6.07, 6.45) is 4.74. The van der Waals surface area contributed by atoms with E-state index < -0.39 is 0 Å². The van der Waals surface area contributed by atoms with Gasteiger partial charge in [0, 0.05) is 16.8 Å². The van der Waals surface area contributed by atoms with Gasteiger partial charge in [0.1, 0.15) is 4.83 Å². The maximum absolute atomic E-state index is 13.3. The third-order valence-corrected chi connectivity index (χ3v) is 7.89. The predicted molar refractivity (Wildman–Crippen MR) is 121 cm³/mol. The lowest BCUT2D eigenvalue weighted by atomic mass is 9.89. The van der Waals surface area contributed by atoms with Crippen molar-refractivity contribution < 1.29 is 4.79 Å². The number of aromatic nitrogens is 3. The first-order valence-corrected chi connectivity index (χ1v) is 12.1. The van der Waals surface area contributed by atoms with E-state index in [0.717, 1.165) is 35.2 Å². The number of aryl methyl sites for hydroxylation is 2. The molecule has 0 radical (unpaired) electrons. The van der Waals surface area contributed by atoms with Gasteiger partial charge in [0.05, 0.1) is 16.8 Å². The summed E-state index contributed by atoms with van der Waals surface area (Å²) in [6, 6.07) is 0. The van der Waals surface area contributed by atoms with Crippen LogP contribution in [-0.2, 0) is 24.2 Å². The molecule has 6 nitrogen and oxygen atoms in total. The van der Waals surface area contributed by atoms with Gasteiger partial charge in [0.2, 0.25) is 5.91 Å². The van der Waals surface area contributed by atoms with Gasteiger partial charge in [0.15, 0.2) is 10.3 Å². The van der Waals surface area contributed by atoms with Crippen molar-refractivity contribution >= 4 is 55.7 Å². The number of nitrogens with zero attached hydrogens (tertiary/aromatic N) is 3. The number of nitrogens with one attached hydrogen (secondary N) is 1. The number of thioether (sulfide) groups is 1. The molecule has 1 amide bonds. The SMILES string of the molecule is C=CCn1c(SCC(=O)Nc2nc(C)cs2)nc2sc3c(c2c1=O)CCC(C)C3. The lowest BCUT2D eigenvalue weighted by molar-refractivity contribution is -0.113. The fourth-order valence-electron chi connectivity index (χ4n) is 3.50. The van der Waals surface area contributed by atoms with Gasteiger partial charge >= 0.3 is 0 Å². The highest BCUT2D eigenvalue weighted by atomic mass is 32.2. The van der Waals surface area contributed by atoms with Crippen LogP contribution < -0.4 is 10.9 Å². The summed E-state index contributed by atoms with van der Waals surface area (Å²) in [7, 11) is 0. The fraction of sp³-hybridized carbons (Fsp3) is 0.400. The van der Waals surface area contributed by atoms with Crippen LogP contribution in [0.3, 0.4) is 0 Å². The Morgan fingerprint density at radius 3 is 3.03 bits per heavy atom. The van der Waals surface area contributed by atoms with Gasteiger partial charge < -0.3 is 5.32 Å². The van der Waals surface area contributed by atoms with Crippen LogP contribution in [0.25, 0.3) is 10.2 Å². The Morgan fingerprint density at radius 1 is 1.48 bits per heavy atom. The van der Waals surface area contributed by atoms with Crippen molar-refractivity contribution in [1.29, 1.82) is 0 Å². The molecular weight excluding hydrogens is 424 g/mol. The van der Waals surface area contributed by atoms with Gasteiger partial charge in [-0.3, -0.25) is 14.2 Å². The number of allylic oxidation sites excluding steroid dienone is 1. The van der Waals surface area contributed by atoms with Crippen LogP contribution in [0.1, 0.15) is 29.5 Å². The lowest BCUT2D eigenvalue weighted by Gasteiger charge is -2.17. The van der Waals surface area contributed by atoms with Crippen molar-refractivity contribution in [3.05, 3.63) is 44.5 Å². The number of anilines is 1. The molecule has 0 bridgehead atoms. The van der Waals surface area contributed by atoms with E-state index in [1.54, 1.807) is 22.0 Å². The van der Waals surface area contributed by atoms with E-state index in [1.165, 1.54) is 33.5 Å². The molecule has 3 aromatic rings. The van der Waals surface area contributed by atoms with Crippen LogP contribution in [0, 0.1) is 12.8 Å². The van der Waals surface area contributed by atoms with Gasteiger partial charge in [-0.2, -0.15) is 0 Å². The molecule has 1 aliphatic carbocycles.